The standard InChI is InChI=1S/C10H6ClN3O2S2/c11-9-2-1-8(6-13-9)18(15,16)14-10-7(5-12)3-4-17-10/h1-4,6,14H. The summed E-state index contributed by atoms with van der Waals surface area (Å²) in [5.74, 6) is 0. The first kappa shape index (κ1) is 12.8. The number of aromatic nitrogens is 1. The van der Waals surface area contributed by atoms with Crippen molar-refractivity contribution < 1.29 is 8.42 Å². The molecule has 0 fully saturated rings. The molecule has 18 heavy (non-hydrogen) atoms. The summed E-state index contributed by atoms with van der Waals surface area (Å²) in [7, 11) is -3.74. The van der Waals surface area contributed by atoms with Crippen molar-refractivity contribution in [3.05, 3.63) is 40.5 Å². The molecule has 92 valence electrons. The molecule has 0 spiro atoms. The predicted molar refractivity (Wildman–Crippen MR) is 69.1 cm³/mol. The molecule has 0 aliphatic carbocycles. The molecule has 1 N–H and O–H groups in total. The van der Waals surface area contributed by atoms with Gasteiger partial charge in [0, 0.05) is 6.20 Å². The van der Waals surface area contributed by atoms with Gasteiger partial charge in [-0.2, -0.15) is 5.26 Å². The van der Waals surface area contributed by atoms with E-state index in [9.17, 15) is 8.42 Å². The van der Waals surface area contributed by atoms with Crippen LogP contribution in [0.1, 0.15) is 5.56 Å². The molecule has 0 aromatic carbocycles. The summed E-state index contributed by atoms with van der Waals surface area (Å²) in [4.78, 5) is 3.69. The van der Waals surface area contributed by atoms with Gasteiger partial charge in [-0.3, -0.25) is 4.72 Å². The van der Waals surface area contributed by atoms with Crippen molar-refractivity contribution in [3.63, 3.8) is 0 Å². The van der Waals surface area contributed by atoms with Gasteiger partial charge in [-0.1, -0.05) is 11.6 Å². The van der Waals surface area contributed by atoms with E-state index in [4.69, 9.17) is 16.9 Å². The number of thiophene rings is 1. The summed E-state index contributed by atoms with van der Waals surface area (Å²) in [5.41, 5.74) is 0.283. The van der Waals surface area contributed by atoms with Crippen LogP contribution in [-0.4, -0.2) is 13.4 Å². The summed E-state index contributed by atoms with van der Waals surface area (Å²) in [6.45, 7) is 0. The van der Waals surface area contributed by atoms with Crippen LogP contribution in [-0.2, 0) is 10.0 Å². The maximum atomic E-state index is 12.0. The Kier molecular flexibility index (Phi) is 3.52. The lowest BCUT2D eigenvalue weighted by molar-refractivity contribution is 0.601. The summed E-state index contributed by atoms with van der Waals surface area (Å²) >= 11 is 6.72. The minimum atomic E-state index is -3.74. The molecule has 0 amide bonds. The monoisotopic (exact) mass is 299 g/mol. The first-order chi connectivity index (χ1) is 8.53. The van der Waals surface area contributed by atoms with E-state index in [-0.39, 0.29) is 20.6 Å². The van der Waals surface area contributed by atoms with Crippen LogP contribution in [0.3, 0.4) is 0 Å². The van der Waals surface area contributed by atoms with Crippen LogP contribution >= 0.6 is 22.9 Å². The second-order valence-electron chi connectivity index (χ2n) is 3.20. The van der Waals surface area contributed by atoms with Crippen molar-refractivity contribution in [3.8, 4) is 6.07 Å². The van der Waals surface area contributed by atoms with Crippen LogP contribution in [0.4, 0.5) is 5.00 Å². The topological polar surface area (TPSA) is 82.9 Å². The van der Waals surface area contributed by atoms with E-state index in [1.807, 2.05) is 6.07 Å². The molecule has 0 saturated heterocycles. The number of sulfonamides is 1. The number of nitrogens with zero attached hydrogens (tertiary/aromatic N) is 2. The molecule has 2 heterocycles. The maximum absolute atomic E-state index is 12.0. The molecule has 5 nitrogen and oxygen atoms in total. The van der Waals surface area contributed by atoms with E-state index < -0.39 is 10.0 Å². The van der Waals surface area contributed by atoms with Crippen LogP contribution in [0.5, 0.6) is 0 Å². The lowest BCUT2D eigenvalue weighted by Crippen LogP contribution is -2.12. The molecule has 0 bridgehead atoms. The molecule has 8 heteroatoms. The van der Waals surface area contributed by atoms with E-state index in [1.54, 1.807) is 11.4 Å². The van der Waals surface area contributed by atoms with Crippen molar-refractivity contribution in [1.82, 2.24) is 4.98 Å². The van der Waals surface area contributed by atoms with Gasteiger partial charge in [0.2, 0.25) is 0 Å². The molecule has 0 atom stereocenters. The molecule has 0 saturated carbocycles. The Morgan fingerprint density at radius 2 is 2.17 bits per heavy atom. The Morgan fingerprint density at radius 3 is 2.78 bits per heavy atom. The Labute approximate surface area is 113 Å². The average Bonchev–Trinajstić information content (AvgIpc) is 2.76. The zero-order valence-electron chi connectivity index (χ0n) is 8.79. The first-order valence-electron chi connectivity index (χ1n) is 4.65. The van der Waals surface area contributed by atoms with E-state index in [0.29, 0.717) is 0 Å². The first-order valence-corrected chi connectivity index (χ1v) is 7.39. The maximum Gasteiger partial charge on any atom is 0.264 e. The molecule has 0 aliphatic heterocycles. The van der Waals surface area contributed by atoms with Gasteiger partial charge in [-0.15, -0.1) is 11.3 Å². The van der Waals surface area contributed by atoms with Gasteiger partial charge in [0.1, 0.15) is 21.1 Å². The van der Waals surface area contributed by atoms with Crippen LogP contribution in [0.2, 0.25) is 5.15 Å². The highest BCUT2D eigenvalue weighted by atomic mass is 35.5. The molecule has 2 aromatic rings. The van der Waals surface area contributed by atoms with Crippen molar-refractivity contribution >= 4 is 38.0 Å². The lowest BCUT2D eigenvalue weighted by Gasteiger charge is -2.05. The van der Waals surface area contributed by atoms with Gasteiger partial charge < -0.3 is 0 Å². The van der Waals surface area contributed by atoms with Gasteiger partial charge in [0.25, 0.3) is 10.0 Å². The molecule has 2 rings (SSSR count). The van der Waals surface area contributed by atoms with Crippen molar-refractivity contribution in [1.29, 1.82) is 5.26 Å². The van der Waals surface area contributed by atoms with Gasteiger partial charge in [0.05, 0.1) is 5.56 Å². The van der Waals surface area contributed by atoms with E-state index in [0.717, 1.165) is 17.5 Å². The minimum Gasteiger partial charge on any atom is -0.269 e. The smallest absolute Gasteiger partial charge is 0.264 e. The Bertz CT molecular complexity index is 701. The second kappa shape index (κ2) is 4.94. The Morgan fingerprint density at radius 1 is 1.39 bits per heavy atom. The highest BCUT2D eigenvalue weighted by molar-refractivity contribution is 7.93. The molecule has 2 aromatic heterocycles. The molecular weight excluding hydrogens is 294 g/mol. The highest BCUT2D eigenvalue weighted by Gasteiger charge is 2.17. The highest BCUT2D eigenvalue weighted by Crippen LogP contribution is 2.25. The molecule has 0 unspecified atom stereocenters. The predicted octanol–water partition coefficient (Wildman–Crippen LogP) is 2.47. The van der Waals surface area contributed by atoms with Gasteiger partial charge >= 0.3 is 0 Å². The quantitative estimate of drug-likeness (QED) is 0.883. The summed E-state index contributed by atoms with van der Waals surface area (Å²) in [6, 6.07) is 6.18. The van der Waals surface area contributed by atoms with Crippen molar-refractivity contribution in [2.24, 2.45) is 0 Å². The number of nitriles is 1. The summed E-state index contributed by atoms with van der Waals surface area (Å²) in [5, 5.41) is 10.9. The van der Waals surface area contributed by atoms with Crippen LogP contribution < -0.4 is 4.72 Å². The molecular formula is C10H6ClN3O2S2. The fourth-order valence-corrected chi connectivity index (χ4v) is 3.30. The van der Waals surface area contributed by atoms with Crippen LogP contribution in [0, 0.1) is 11.3 Å². The van der Waals surface area contributed by atoms with Gasteiger partial charge in [-0.25, -0.2) is 13.4 Å². The van der Waals surface area contributed by atoms with E-state index >= 15 is 0 Å². The number of anilines is 1. The third kappa shape index (κ3) is 2.61. The number of hydrogen-bond donors (Lipinski definition) is 1. The number of halogens is 1. The lowest BCUT2D eigenvalue weighted by atomic mass is 10.4. The normalized spacial score (nSPS) is 10.9. The average molecular weight is 300 g/mol. The summed E-state index contributed by atoms with van der Waals surface area (Å²) in [6.07, 6.45) is 1.16. The number of rotatable bonds is 3. The van der Waals surface area contributed by atoms with E-state index in [1.165, 1.54) is 12.1 Å². The molecule has 0 aliphatic rings. The van der Waals surface area contributed by atoms with Crippen LogP contribution in [0.15, 0.2) is 34.7 Å². The SMILES string of the molecule is N#Cc1ccsc1NS(=O)(=O)c1ccc(Cl)nc1. The summed E-state index contributed by atoms with van der Waals surface area (Å²) < 4.78 is 26.3. The fraction of sp³-hybridized carbons (Fsp3) is 0. The van der Waals surface area contributed by atoms with Gasteiger partial charge in [-0.05, 0) is 23.6 Å². The largest absolute Gasteiger partial charge is 0.269 e. The number of hydrogen-bond acceptors (Lipinski definition) is 5. The number of pyridine rings is 1. The zero-order valence-corrected chi connectivity index (χ0v) is 11.2. The van der Waals surface area contributed by atoms with Crippen molar-refractivity contribution in [2.75, 3.05) is 4.72 Å². The third-order valence-corrected chi connectivity index (χ3v) is 4.54. The van der Waals surface area contributed by atoms with Gasteiger partial charge in [0.15, 0.2) is 0 Å². The van der Waals surface area contributed by atoms with Crippen molar-refractivity contribution in [2.45, 2.75) is 4.90 Å². The Balaban J connectivity index is 2.34. The van der Waals surface area contributed by atoms with Crippen LogP contribution in [0.25, 0.3) is 0 Å². The minimum absolute atomic E-state index is 0.0100. The zero-order chi connectivity index (χ0) is 13.2. The fourth-order valence-electron chi connectivity index (χ4n) is 1.18. The molecule has 0 radical (unpaired) electrons. The second-order valence-corrected chi connectivity index (χ2v) is 6.18. The third-order valence-electron chi connectivity index (χ3n) is 2.02. The number of nitrogens with one attached hydrogen (secondary N) is 1. The Hall–Kier alpha value is -1.62. The van der Waals surface area contributed by atoms with E-state index in [2.05, 4.69) is 9.71 Å².